The van der Waals surface area contributed by atoms with Crippen molar-refractivity contribution in [1.29, 1.82) is 0 Å². The van der Waals surface area contributed by atoms with E-state index in [0.29, 0.717) is 6.04 Å². The number of nitrogens with one attached hydrogen (secondary N) is 1. The third-order valence-corrected chi connectivity index (χ3v) is 3.21. The predicted octanol–water partition coefficient (Wildman–Crippen LogP) is 3.69. The average Bonchev–Trinajstić information content (AvgIpc) is 2.19. The van der Waals surface area contributed by atoms with Crippen LogP contribution < -0.4 is 5.32 Å². The Balaban J connectivity index is 3.07. The van der Waals surface area contributed by atoms with Gasteiger partial charge in [-0.2, -0.15) is 11.8 Å². The molecule has 0 aliphatic rings. The first-order valence-corrected chi connectivity index (χ1v) is 7.43. The molecule has 2 heteroatoms. The minimum atomic E-state index is 0.716. The van der Waals surface area contributed by atoms with Crippen molar-refractivity contribution in [2.75, 3.05) is 18.6 Å². The molecule has 1 atom stereocenters. The van der Waals surface area contributed by atoms with Gasteiger partial charge in [0.2, 0.25) is 0 Å². The summed E-state index contributed by atoms with van der Waals surface area (Å²) in [6.45, 7) is 5.77. The molecule has 0 heterocycles. The van der Waals surface area contributed by atoms with Crippen molar-refractivity contribution in [3.63, 3.8) is 0 Å². The Morgan fingerprint density at radius 1 is 1.14 bits per heavy atom. The molecule has 0 bridgehead atoms. The Morgan fingerprint density at radius 3 is 2.57 bits per heavy atom. The van der Waals surface area contributed by atoms with Crippen molar-refractivity contribution in [3.05, 3.63) is 0 Å². The SMILES string of the molecule is CCCCCC[C@H](C)NCCCSC. The van der Waals surface area contributed by atoms with Gasteiger partial charge in [0.15, 0.2) is 0 Å². The van der Waals surface area contributed by atoms with Crippen LogP contribution in [0.2, 0.25) is 0 Å². The van der Waals surface area contributed by atoms with Crippen molar-refractivity contribution in [1.82, 2.24) is 5.32 Å². The van der Waals surface area contributed by atoms with Gasteiger partial charge in [0.05, 0.1) is 0 Å². The summed E-state index contributed by atoms with van der Waals surface area (Å²) in [5.41, 5.74) is 0. The summed E-state index contributed by atoms with van der Waals surface area (Å²) >= 11 is 1.94. The summed E-state index contributed by atoms with van der Waals surface area (Å²) in [7, 11) is 0. The number of thioether (sulfide) groups is 1. The second kappa shape index (κ2) is 11.4. The van der Waals surface area contributed by atoms with Gasteiger partial charge in [-0.15, -0.1) is 0 Å². The Bertz CT molecular complexity index is 94.5. The maximum atomic E-state index is 3.58. The maximum absolute atomic E-state index is 3.58. The lowest BCUT2D eigenvalue weighted by atomic mass is 10.1. The molecule has 0 aliphatic heterocycles. The van der Waals surface area contributed by atoms with Crippen LogP contribution in [0.1, 0.15) is 52.4 Å². The monoisotopic (exact) mass is 217 g/mol. The lowest BCUT2D eigenvalue weighted by Gasteiger charge is -2.13. The first-order valence-electron chi connectivity index (χ1n) is 6.03. The highest BCUT2D eigenvalue weighted by molar-refractivity contribution is 7.98. The molecule has 0 aliphatic carbocycles. The van der Waals surface area contributed by atoms with Gasteiger partial charge in [0.25, 0.3) is 0 Å². The Hall–Kier alpha value is 0.310. The summed E-state index contributed by atoms with van der Waals surface area (Å²) in [5, 5.41) is 3.58. The number of rotatable bonds is 10. The van der Waals surface area contributed by atoms with Gasteiger partial charge in [-0.3, -0.25) is 0 Å². The van der Waals surface area contributed by atoms with Gasteiger partial charge in [-0.05, 0) is 38.3 Å². The second-order valence-corrected chi connectivity index (χ2v) is 5.04. The summed E-state index contributed by atoms with van der Waals surface area (Å²) in [5.74, 6) is 1.29. The lowest BCUT2D eigenvalue weighted by Crippen LogP contribution is -2.27. The standard InChI is InChI=1S/C12H27NS/c1-4-5-6-7-9-12(2)13-10-8-11-14-3/h12-13H,4-11H2,1-3H3/t12-/m0/s1. The normalized spacial score (nSPS) is 13.1. The molecule has 0 spiro atoms. The van der Waals surface area contributed by atoms with Crippen molar-refractivity contribution >= 4 is 11.8 Å². The second-order valence-electron chi connectivity index (χ2n) is 4.05. The quantitative estimate of drug-likeness (QED) is 0.560. The van der Waals surface area contributed by atoms with Crippen molar-refractivity contribution in [2.45, 2.75) is 58.4 Å². The Labute approximate surface area is 94.4 Å². The van der Waals surface area contributed by atoms with Gasteiger partial charge in [-0.25, -0.2) is 0 Å². The van der Waals surface area contributed by atoms with Crippen LogP contribution in [0.3, 0.4) is 0 Å². The Morgan fingerprint density at radius 2 is 1.93 bits per heavy atom. The Kier molecular flexibility index (Phi) is 11.6. The van der Waals surface area contributed by atoms with E-state index in [1.54, 1.807) is 0 Å². The lowest BCUT2D eigenvalue weighted by molar-refractivity contribution is 0.484. The molecule has 0 rings (SSSR count). The first-order chi connectivity index (χ1) is 6.81. The molecule has 0 saturated carbocycles. The number of unbranched alkanes of at least 4 members (excludes halogenated alkanes) is 3. The van der Waals surface area contributed by atoms with E-state index in [0.717, 1.165) is 0 Å². The molecule has 86 valence electrons. The highest BCUT2D eigenvalue weighted by Gasteiger charge is 1.99. The van der Waals surface area contributed by atoms with E-state index < -0.39 is 0 Å². The van der Waals surface area contributed by atoms with E-state index in [-0.39, 0.29) is 0 Å². The van der Waals surface area contributed by atoms with Crippen LogP contribution in [0.15, 0.2) is 0 Å². The van der Waals surface area contributed by atoms with Gasteiger partial charge in [-0.1, -0.05) is 32.6 Å². The van der Waals surface area contributed by atoms with Crippen LogP contribution >= 0.6 is 11.8 Å². The number of hydrogen-bond donors (Lipinski definition) is 1. The zero-order valence-electron chi connectivity index (χ0n) is 10.1. The van der Waals surface area contributed by atoms with Crippen molar-refractivity contribution < 1.29 is 0 Å². The smallest absolute Gasteiger partial charge is 0.00387 e. The zero-order chi connectivity index (χ0) is 10.6. The molecule has 0 amide bonds. The number of hydrogen-bond acceptors (Lipinski definition) is 2. The van der Waals surface area contributed by atoms with Crippen LogP contribution in [-0.2, 0) is 0 Å². The molecule has 0 unspecified atom stereocenters. The fourth-order valence-corrected chi connectivity index (χ4v) is 1.98. The van der Waals surface area contributed by atoms with Crippen molar-refractivity contribution in [2.24, 2.45) is 0 Å². The fourth-order valence-electron chi connectivity index (χ4n) is 1.54. The molecular weight excluding hydrogens is 190 g/mol. The van der Waals surface area contributed by atoms with Crippen LogP contribution in [0.5, 0.6) is 0 Å². The van der Waals surface area contributed by atoms with Crippen LogP contribution in [0.4, 0.5) is 0 Å². The molecule has 14 heavy (non-hydrogen) atoms. The predicted molar refractivity (Wildman–Crippen MR) is 69.2 cm³/mol. The minimum Gasteiger partial charge on any atom is -0.314 e. The topological polar surface area (TPSA) is 12.0 Å². The summed E-state index contributed by atoms with van der Waals surface area (Å²) < 4.78 is 0. The van der Waals surface area contributed by atoms with E-state index in [9.17, 15) is 0 Å². The third kappa shape index (κ3) is 10.4. The zero-order valence-corrected chi connectivity index (χ0v) is 11.0. The fraction of sp³-hybridized carbons (Fsp3) is 1.00. The largest absolute Gasteiger partial charge is 0.314 e. The summed E-state index contributed by atoms with van der Waals surface area (Å²) in [4.78, 5) is 0. The molecule has 0 aromatic carbocycles. The van der Waals surface area contributed by atoms with E-state index in [1.807, 2.05) is 11.8 Å². The molecule has 0 aromatic rings. The van der Waals surface area contributed by atoms with E-state index >= 15 is 0 Å². The molecule has 0 saturated heterocycles. The first kappa shape index (κ1) is 14.3. The van der Waals surface area contributed by atoms with Gasteiger partial charge in [0.1, 0.15) is 0 Å². The highest BCUT2D eigenvalue weighted by Crippen LogP contribution is 2.05. The minimum absolute atomic E-state index is 0.716. The van der Waals surface area contributed by atoms with Gasteiger partial charge in [0, 0.05) is 6.04 Å². The van der Waals surface area contributed by atoms with E-state index in [1.165, 1.54) is 50.8 Å². The maximum Gasteiger partial charge on any atom is 0.00387 e. The third-order valence-electron chi connectivity index (χ3n) is 2.51. The van der Waals surface area contributed by atoms with Crippen LogP contribution in [0, 0.1) is 0 Å². The summed E-state index contributed by atoms with van der Waals surface area (Å²) in [6, 6.07) is 0.716. The van der Waals surface area contributed by atoms with E-state index in [4.69, 9.17) is 0 Å². The molecule has 0 radical (unpaired) electrons. The van der Waals surface area contributed by atoms with Gasteiger partial charge < -0.3 is 5.32 Å². The summed E-state index contributed by atoms with van der Waals surface area (Å²) in [6.07, 6.45) is 10.4. The molecule has 0 fully saturated rings. The molecule has 1 nitrogen and oxygen atoms in total. The average molecular weight is 217 g/mol. The molecular formula is C12H27NS. The highest BCUT2D eigenvalue weighted by atomic mass is 32.2. The molecule has 1 N–H and O–H groups in total. The van der Waals surface area contributed by atoms with Crippen molar-refractivity contribution in [3.8, 4) is 0 Å². The van der Waals surface area contributed by atoms with Gasteiger partial charge >= 0.3 is 0 Å². The van der Waals surface area contributed by atoms with Crippen LogP contribution in [0.25, 0.3) is 0 Å². The van der Waals surface area contributed by atoms with Crippen LogP contribution in [-0.4, -0.2) is 24.6 Å². The molecule has 0 aromatic heterocycles. The van der Waals surface area contributed by atoms with E-state index in [2.05, 4.69) is 25.4 Å².